The molecule has 7 heteroatoms. The molecule has 0 aliphatic rings. The molecule has 3 N–H and O–H groups in total. The largest absolute Gasteiger partial charge is 0.478 e. The molecule has 0 fully saturated rings. The van der Waals surface area contributed by atoms with Crippen LogP contribution in [0.25, 0.3) is 0 Å². The third-order valence-electron chi connectivity index (χ3n) is 2.94. The third-order valence-corrected chi connectivity index (χ3v) is 2.94. The first-order valence-corrected chi connectivity index (χ1v) is 6.88. The Bertz CT molecular complexity index is 530. The number of carbonyl (C=O) groups excluding carboxylic acids is 2. The Balaban J connectivity index is 2.35. The predicted octanol–water partition coefficient (Wildman–Crippen LogP) is 0.196. The molecule has 1 rings (SSSR count). The van der Waals surface area contributed by atoms with Crippen LogP contribution in [0.3, 0.4) is 0 Å². The van der Waals surface area contributed by atoms with Gasteiger partial charge in [-0.2, -0.15) is 0 Å². The van der Waals surface area contributed by atoms with Crippen LogP contribution < -0.4 is 10.6 Å². The topological polar surface area (TPSA) is 105 Å². The predicted molar refractivity (Wildman–Crippen MR) is 79.6 cm³/mol. The quantitative estimate of drug-likeness (QED) is 0.565. The van der Waals surface area contributed by atoms with E-state index in [2.05, 4.69) is 10.6 Å². The number of hydrogen-bond acceptors (Lipinski definition) is 4. The Morgan fingerprint density at radius 1 is 1.14 bits per heavy atom. The summed E-state index contributed by atoms with van der Waals surface area (Å²) >= 11 is 0. The van der Waals surface area contributed by atoms with Gasteiger partial charge in [0.2, 0.25) is 11.8 Å². The molecule has 7 nitrogen and oxygen atoms in total. The van der Waals surface area contributed by atoms with Gasteiger partial charge in [-0.1, -0.05) is 18.2 Å². The van der Waals surface area contributed by atoms with Crippen molar-refractivity contribution in [1.82, 2.24) is 10.6 Å². The van der Waals surface area contributed by atoms with Crippen LogP contribution >= 0.6 is 0 Å². The Labute approximate surface area is 128 Å². The van der Waals surface area contributed by atoms with E-state index in [0.717, 1.165) is 0 Å². The second kappa shape index (κ2) is 9.51. The number of aryl methyl sites for hydroxylation is 1. The Kier molecular flexibility index (Phi) is 7.63. The molecule has 0 bridgehead atoms. The lowest BCUT2D eigenvalue weighted by molar-refractivity contribution is -0.126. The highest BCUT2D eigenvalue weighted by Gasteiger charge is 2.11. The molecule has 0 aromatic heterocycles. The van der Waals surface area contributed by atoms with Crippen LogP contribution in [0.5, 0.6) is 0 Å². The van der Waals surface area contributed by atoms with Gasteiger partial charge in [0.15, 0.2) is 0 Å². The minimum Gasteiger partial charge on any atom is -0.478 e. The highest BCUT2D eigenvalue weighted by molar-refractivity contribution is 5.89. The van der Waals surface area contributed by atoms with Gasteiger partial charge in [0.05, 0.1) is 18.7 Å². The number of benzene rings is 1. The van der Waals surface area contributed by atoms with E-state index in [9.17, 15) is 14.4 Å². The van der Waals surface area contributed by atoms with Crippen molar-refractivity contribution in [2.24, 2.45) is 0 Å². The second-order valence-corrected chi connectivity index (χ2v) is 4.58. The van der Waals surface area contributed by atoms with Gasteiger partial charge in [-0.15, -0.1) is 0 Å². The van der Waals surface area contributed by atoms with Crippen molar-refractivity contribution in [1.29, 1.82) is 0 Å². The lowest BCUT2D eigenvalue weighted by Crippen LogP contribution is -2.38. The van der Waals surface area contributed by atoms with Crippen LogP contribution in [-0.4, -0.2) is 49.7 Å². The van der Waals surface area contributed by atoms with Gasteiger partial charge in [0.1, 0.15) is 0 Å². The van der Waals surface area contributed by atoms with Crippen molar-refractivity contribution in [2.45, 2.75) is 12.8 Å². The average molecular weight is 308 g/mol. The van der Waals surface area contributed by atoms with Crippen molar-refractivity contribution in [2.75, 3.05) is 26.8 Å². The number of ether oxygens (including phenoxy) is 1. The Morgan fingerprint density at radius 2 is 1.86 bits per heavy atom. The minimum atomic E-state index is -1.02. The van der Waals surface area contributed by atoms with E-state index in [1.807, 2.05) is 0 Å². The van der Waals surface area contributed by atoms with Gasteiger partial charge >= 0.3 is 5.97 Å². The number of amides is 2. The van der Waals surface area contributed by atoms with Gasteiger partial charge in [-0.25, -0.2) is 4.79 Å². The Hall–Kier alpha value is -2.41. The van der Waals surface area contributed by atoms with Crippen molar-refractivity contribution in [3.05, 3.63) is 35.4 Å². The summed E-state index contributed by atoms with van der Waals surface area (Å²) in [4.78, 5) is 34.1. The van der Waals surface area contributed by atoms with Crippen LogP contribution in [0.15, 0.2) is 24.3 Å². The first-order chi connectivity index (χ1) is 10.5. The number of carboxylic acid groups (broad SMARTS) is 1. The van der Waals surface area contributed by atoms with Crippen molar-refractivity contribution < 1.29 is 24.2 Å². The molecule has 1 aromatic carbocycles. The van der Waals surface area contributed by atoms with Crippen LogP contribution in [0, 0.1) is 0 Å². The molecule has 0 aliphatic heterocycles. The number of aromatic carboxylic acids is 1. The number of rotatable bonds is 9. The summed E-state index contributed by atoms with van der Waals surface area (Å²) in [5.41, 5.74) is 0.780. The Morgan fingerprint density at radius 3 is 2.55 bits per heavy atom. The monoisotopic (exact) mass is 308 g/mol. The number of carboxylic acids is 1. The zero-order valence-corrected chi connectivity index (χ0v) is 12.4. The first kappa shape index (κ1) is 17.6. The molecular weight excluding hydrogens is 288 g/mol. The smallest absolute Gasteiger partial charge is 0.335 e. The number of hydrogen-bond donors (Lipinski definition) is 3. The molecular formula is C15H20N2O5. The maximum absolute atomic E-state index is 11.7. The number of carbonyl (C=O) groups is 3. The van der Waals surface area contributed by atoms with Crippen LogP contribution in [0.1, 0.15) is 22.3 Å². The van der Waals surface area contributed by atoms with Gasteiger partial charge < -0.3 is 20.5 Å². The summed E-state index contributed by atoms with van der Waals surface area (Å²) in [7, 11) is 1.53. The highest BCUT2D eigenvalue weighted by Crippen LogP contribution is 2.11. The second-order valence-electron chi connectivity index (χ2n) is 4.58. The maximum Gasteiger partial charge on any atom is 0.335 e. The molecule has 0 unspecified atom stereocenters. The van der Waals surface area contributed by atoms with Crippen molar-refractivity contribution >= 4 is 17.8 Å². The van der Waals surface area contributed by atoms with Crippen LogP contribution in [-0.2, 0) is 20.7 Å². The molecule has 0 spiro atoms. The van der Waals surface area contributed by atoms with Crippen molar-refractivity contribution in [3.63, 3.8) is 0 Å². The standard InChI is InChI=1S/C15H20N2O5/c1-22-9-8-16-14(19)10-17-13(18)7-6-11-4-2-3-5-12(11)15(20)21/h2-5H,6-10H2,1H3,(H,16,19)(H,17,18)(H,20,21). The molecule has 0 saturated heterocycles. The summed E-state index contributed by atoms with van der Waals surface area (Å²) in [5.74, 6) is -1.62. The first-order valence-electron chi connectivity index (χ1n) is 6.88. The fraction of sp³-hybridized carbons (Fsp3) is 0.400. The molecule has 2 amide bonds. The molecule has 22 heavy (non-hydrogen) atoms. The van der Waals surface area contributed by atoms with Gasteiger partial charge in [0, 0.05) is 20.1 Å². The minimum absolute atomic E-state index is 0.108. The molecule has 0 atom stereocenters. The third kappa shape index (κ3) is 6.36. The van der Waals surface area contributed by atoms with E-state index in [-0.39, 0.29) is 30.3 Å². The molecule has 0 heterocycles. The zero-order chi connectivity index (χ0) is 16.4. The van der Waals surface area contributed by atoms with Gasteiger partial charge in [0.25, 0.3) is 0 Å². The number of methoxy groups -OCH3 is 1. The average Bonchev–Trinajstić information content (AvgIpc) is 2.51. The van der Waals surface area contributed by atoms with E-state index >= 15 is 0 Å². The summed E-state index contributed by atoms with van der Waals surface area (Å²) in [6.07, 6.45) is 0.426. The van der Waals surface area contributed by atoms with E-state index in [4.69, 9.17) is 9.84 Å². The number of nitrogens with one attached hydrogen (secondary N) is 2. The van der Waals surface area contributed by atoms with Crippen LogP contribution in [0.2, 0.25) is 0 Å². The summed E-state index contributed by atoms with van der Waals surface area (Å²) in [5, 5.41) is 14.1. The molecule has 120 valence electrons. The van der Waals surface area contributed by atoms with Crippen molar-refractivity contribution in [3.8, 4) is 0 Å². The van der Waals surface area contributed by atoms with E-state index in [1.54, 1.807) is 18.2 Å². The van der Waals surface area contributed by atoms with E-state index in [0.29, 0.717) is 25.1 Å². The van der Waals surface area contributed by atoms with E-state index in [1.165, 1.54) is 13.2 Å². The van der Waals surface area contributed by atoms with Crippen LogP contribution in [0.4, 0.5) is 0 Å². The molecule has 0 saturated carbocycles. The summed E-state index contributed by atoms with van der Waals surface area (Å²) in [6, 6.07) is 6.54. The zero-order valence-electron chi connectivity index (χ0n) is 12.4. The summed E-state index contributed by atoms with van der Waals surface area (Å²) in [6.45, 7) is 0.686. The molecule has 0 radical (unpaired) electrons. The SMILES string of the molecule is COCCNC(=O)CNC(=O)CCc1ccccc1C(=O)O. The normalized spacial score (nSPS) is 10.0. The molecule has 1 aromatic rings. The highest BCUT2D eigenvalue weighted by atomic mass is 16.5. The lowest BCUT2D eigenvalue weighted by atomic mass is 10.0. The lowest BCUT2D eigenvalue weighted by Gasteiger charge is -2.08. The molecule has 0 aliphatic carbocycles. The maximum atomic E-state index is 11.7. The summed E-state index contributed by atoms with van der Waals surface area (Å²) < 4.78 is 4.79. The van der Waals surface area contributed by atoms with Gasteiger partial charge in [-0.3, -0.25) is 9.59 Å². The van der Waals surface area contributed by atoms with E-state index < -0.39 is 5.97 Å². The van der Waals surface area contributed by atoms with Gasteiger partial charge in [-0.05, 0) is 18.1 Å². The fourth-order valence-corrected chi connectivity index (χ4v) is 1.82. The fourth-order valence-electron chi connectivity index (χ4n) is 1.82.